The van der Waals surface area contributed by atoms with Gasteiger partial charge in [0.25, 0.3) is 0 Å². The summed E-state index contributed by atoms with van der Waals surface area (Å²) in [6.07, 6.45) is 5.25. The average Bonchev–Trinajstić information content (AvgIpc) is 3.35. The van der Waals surface area contributed by atoms with E-state index in [1.165, 1.54) is 38.9 Å². The van der Waals surface area contributed by atoms with Crippen molar-refractivity contribution >= 4 is 23.0 Å². The van der Waals surface area contributed by atoms with Gasteiger partial charge in [0.05, 0.1) is 5.69 Å². The largest absolute Gasteiger partial charge is 0.486 e. The Hall–Kier alpha value is -3.78. The van der Waals surface area contributed by atoms with E-state index in [1.54, 1.807) is 0 Å². The molecule has 1 fully saturated rings. The summed E-state index contributed by atoms with van der Waals surface area (Å²) >= 11 is 0. The van der Waals surface area contributed by atoms with Crippen LogP contribution in [0.1, 0.15) is 25.7 Å². The molecule has 0 aliphatic carbocycles. The van der Waals surface area contributed by atoms with Crippen LogP contribution in [0.5, 0.6) is 11.5 Å². The summed E-state index contributed by atoms with van der Waals surface area (Å²) in [5.74, 6) is 2.09. The number of ether oxygens (including phenoxy) is 2. The van der Waals surface area contributed by atoms with Crippen LogP contribution in [-0.2, 0) is 0 Å². The fraction of sp³-hybridized carbons (Fsp3) is 0.357. The number of pyridine rings is 1. The quantitative estimate of drug-likeness (QED) is 0.333. The van der Waals surface area contributed by atoms with Gasteiger partial charge in [0.15, 0.2) is 17.1 Å². The van der Waals surface area contributed by atoms with Gasteiger partial charge in [0, 0.05) is 23.5 Å². The van der Waals surface area contributed by atoms with E-state index >= 15 is 0 Å². The van der Waals surface area contributed by atoms with E-state index in [0.717, 1.165) is 52.7 Å². The highest BCUT2D eigenvalue weighted by Crippen LogP contribution is 2.34. The molecule has 2 aliphatic heterocycles. The van der Waals surface area contributed by atoms with Crippen LogP contribution in [0.2, 0.25) is 0 Å². The van der Waals surface area contributed by atoms with Gasteiger partial charge in [-0.3, -0.25) is 0 Å². The lowest BCUT2D eigenvalue weighted by atomic mass is 10.1. The second-order valence-corrected chi connectivity index (χ2v) is 9.36. The fourth-order valence-corrected chi connectivity index (χ4v) is 4.90. The number of aromatic nitrogens is 3. The van der Waals surface area contributed by atoms with Gasteiger partial charge in [-0.05, 0) is 93.5 Å². The standard InChI is InChI=1S/C28H32N6O2/c1-2-15-33(16-3-1)17-5-14-29-22-9-11-23(12-10-22)30-28-31-27-7-4-6-24(34(27)32-28)21-8-13-25-26(20-21)36-19-18-35-25/h4,6-13,20,29H,1-3,5,14-19H2,(H,30,32). The van der Waals surface area contributed by atoms with Crippen LogP contribution in [0.15, 0.2) is 60.7 Å². The zero-order chi connectivity index (χ0) is 24.2. The number of nitrogens with zero attached hydrogens (tertiary/aromatic N) is 4. The molecule has 0 spiro atoms. The summed E-state index contributed by atoms with van der Waals surface area (Å²) in [5, 5.41) is 11.6. The number of likely N-dealkylation sites (tertiary alicyclic amines) is 1. The summed E-state index contributed by atoms with van der Waals surface area (Å²) in [7, 11) is 0. The van der Waals surface area contributed by atoms with Crippen molar-refractivity contribution in [2.24, 2.45) is 0 Å². The van der Waals surface area contributed by atoms with E-state index in [-0.39, 0.29) is 0 Å². The Morgan fingerprint density at radius 1 is 0.833 bits per heavy atom. The van der Waals surface area contributed by atoms with Crippen LogP contribution in [-0.4, -0.2) is 58.9 Å². The molecule has 8 heteroatoms. The zero-order valence-corrected chi connectivity index (χ0v) is 20.4. The second kappa shape index (κ2) is 10.5. The normalized spacial score (nSPS) is 15.7. The minimum atomic E-state index is 0.558. The highest BCUT2D eigenvalue weighted by Gasteiger charge is 2.15. The van der Waals surface area contributed by atoms with E-state index in [9.17, 15) is 0 Å². The van der Waals surface area contributed by atoms with Gasteiger partial charge < -0.3 is 25.0 Å². The third-order valence-corrected chi connectivity index (χ3v) is 6.77. The molecule has 6 rings (SSSR count). The van der Waals surface area contributed by atoms with Crippen molar-refractivity contribution < 1.29 is 9.47 Å². The first-order valence-electron chi connectivity index (χ1n) is 12.9. The van der Waals surface area contributed by atoms with Gasteiger partial charge in [0.2, 0.25) is 5.95 Å². The Morgan fingerprint density at radius 2 is 1.64 bits per heavy atom. The van der Waals surface area contributed by atoms with E-state index in [1.807, 2.05) is 40.9 Å². The van der Waals surface area contributed by atoms with Crippen LogP contribution in [0.25, 0.3) is 16.9 Å². The van der Waals surface area contributed by atoms with E-state index < -0.39 is 0 Å². The lowest BCUT2D eigenvalue weighted by Crippen LogP contribution is -2.31. The number of nitrogens with one attached hydrogen (secondary N) is 2. The number of fused-ring (bicyclic) bond motifs is 2. The molecule has 2 aliphatic rings. The Kier molecular flexibility index (Phi) is 6.58. The first-order valence-corrected chi connectivity index (χ1v) is 12.9. The van der Waals surface area contributed by atoms with Gasteiger partial charge in [-0.1, -0.05) is 12.5 Å². The number of benzene rings is 2. The number of anilines is 3. The van der Waals surface area contributed by atoms with Crippen molar-refractivity contribution in [1.82, 2.24) is 19.5 Å². The van der Waals surface area contributed by atoms with Crippen LogP contribution >= 0.6 is 0 Å². The van der Waals surface area contributed by atoms with Crippen molar-refractivity contribution in [2.45, 2.75) is 25.7 Å². The maximum absolute atomic E-state index is 5.76. The Bertz CT molecular complexity index is 1310. The second-order valence-electron chi connectivity index (χ2n) is 9.36. The summed E-state index contributed by atoms with van der Waals surface area (Å²) in [4.78, 5) is 7.26. The van der Waals surface area contributed by atoms with Gasteiger partial charge in [-0.25, -0.2) is 4.52 Å². The van der Waals surface area contributed by atoms with E-state index in [2.05, 4.69) is 44.8 Å². The monoisotopic (exact) mass is 484 g/mol. The van der Waals surface area contributed by atoms with Crippen molar-refractivity contribution in [2.75, 3.05) is 50.0 Å². The molecule has 2 N–H and O–H groups in total. The molecule has 0 unspecified atom stereocenters. The van der Waals surface area contributed by atoms with Gasteiger partial charge in [0.1, 0.15) is 13.2 Å². The minimum Gasteiger partial charge on any atom is -0.486 e. The molecule has 0 bridgehead atoms. The average molecular weight is 485 g/mol. The SMILES string of the molecule is c1cc(-c2ccc3c(c2)OCCO3)n2nc(Nc3ccc(NCCCN4CCCCC4)cc3)nc2c1. The maximum Gasteiger partial charge on any atom is 0.247 e. The van der Waals surface area contributed by atoms with Crippen molar-refractivity contribution in [3.05, 3.63) is 60.7 Å². The van der Waals surface area contributed by atoms with Crippen LogP contribution in [0, 0.1) is 0 Å². The van der Waals surface area contributed by atoms with Crippen molar-refractivity contribution in [1.29, 1.82) is 0 Å². The van der Waals surface area contributed by atoms with Crippen LogP contribution < -0.4 is 20.1 Å². The minimum absolute atomic E-state index is 0.558. The Labute approximate surface area is 211 Å². The number of hydrogen-bond donors (Lipinski definition) is 2. The molecule has 1 saturated heterocycles. The fourth-order valence-electron chi connectivity index (χ4n) is 4.90. The lowest BCUT2D eigenvalue weighted by Gasteiger charge is -2.26. The summed E-state index contributed by atoms with van der Waals surface area (Å²) in [6, 6.07) is 20.2. The molecule has 2 aromatic carbocycles. The Balaban J connectivity index is 1.10. The van der Waals surface area contributed by atoms with Crippen molar-refractivity contribution in [3.63, 3.8) is 0 Å². The summed E-state index contributed by atoms with van der Waals surface area (Å²) in [5.41, 5.74) is 4.79. The van der Waals surface area contributed by atoms with E-state index in [0.29, 0.717) is 19.2 Å². The zero-order valence-electron chi connectivity index (χ0n) is 20.4. The smallest absolute Gasteiger partial charge is 0.247 e. The molecule has 0 amide bonds. The van der Waals surface area contributed by atoms with Crippen LogP contribution in [0.3, 0.4) is 0 Å². The molecule has 36 heavy (non-hydrogen) atoms. The third kappa shape index (κ3) is 5.09. The molecule has 0 atom stereocenters. The highest BCUT2D eigenvalue weighted by molar-refractivity contribution is 5.68. The highest BCUT2D eigenvalue weighted by atomic mass is 16.6. The lowest BCUT2D eigenvalue weighted by molar-refractivity contribution is 0.171. The molecular formula is C28H32N6O2. The molecule has 4 aromatic rings. The molecular weight excluding hydrogens is 452 g/mol. The Morgan fingerprint density at radius 3 is 2.50 bits per heavy atom. The summed E-state index contributed by atoms with van der Waals surface area (Å²) in [6.45, 7) is 5.83. The maximum atomic E-state index is 5.76. The third-order valence-electron chi connectivity index (χ3n) is 6.77. The van der Waals surface area contributed by atoms with E-state index in [4.69, 9.17) is 14.6 Å². The molecule has 2 aromatic heterocycles. The molecule has 186 valence electrons. The predicted molar refractivity (Wildman–Crippen MR) is 143 cm³/mol. The molecule has 8 nitrogen and oxygen atoms in total. The van der Waals surface area contributed by atoms with Gasteiger partial charge >= 0.3 is 0 Å². The number of rotatable bonds is 8. The van der Waals surface area contributed by atoms with Gasteiger partial charge in [-0.2, -0.15) is 4.98 Å². The predicted octanol–water partition coefficient (Wildman–Crippen LogP) is 5.20. The topological polar surface area (TPSA) is 76.0 Å². The van der Waals surface area contributed by atoms with Gasteiger partial charge in [-0.15, -0.1) is 5.10 Å². The summed E-state index contributed by atoms with van der Waals surface area (Å²) < 4.78 is 13.3. The molecule has 4 heterocycles. The number of piperidine rings is 1. The first-order chi connectivity index (χ1) is 17.8. The number of hydrogen-bond acceptors (Lipinski definition) is 7. The molecule has 0 saturated carbocycles. The van der Waals surface area contributed by atoms with Crippen LogP contribution in [0.4, 0.5) is 17.3 Å². The van der Waals surface area contributed by atoms with Crippen molar-refractivity contribution in [3.8, 4) is 22.8 Å². The first kappa shape index (κ1) is 22.7. The molecule has 0 radical (unpaired) electrons.